The fourth-order valence-corrected chi connectivity index (χ4v) is 3.97. The van der Waals surface area contributed by atoms with Gasteiger partial charge in [0.25, 0.3) is 0 Å². The smallest absolute Gasteiger partial charge is 0.310 e. The van der Waals surface area contributed by atoms with E-state index in [1.165, 1.54) is 38.9 Å². The number of rotatable bonds is 7. The summed E-state index contributed by atoms with van der Waals surface area (Å²) in [4.78, 5) is 21.9. The number of nitrogens with zero attached hydrogens (tertiary/aromatic N) is 3. The Bertz CT molecular complexity index is 447. The zero-order valence-corrected chi connectivity index (χ0v) is 17.0. The molecule has 0 amide bonds. The summed E-state index contributed by atoms with van der Waals surface area (Å²) >= 11 is 0. The highest BCUT2D eigenvalue weighted by molar-refractivity contribution is 5.81. The molecule has 0 aromatic carbocycles. The lowest BCUT2D eigenvalue weighted by molar-refractivity contribution is -0.149. The SMILES string of the molecule is CCCN1CCC(CN=C(NCC)N2CCCC(C(=O)OCC)C2)CC1. The van der Waals surface area contributed by atoms with Crippen molar-refractivity contribution >= 4 is 11.9 Å². The van der Waals surface area contributed by atoms with Crippen molar-refractivity contribution in [3.05, 3.63) is 0 Å². The molecule has 1 unspecified atom stereocenters. The molecule has 0 aromatic heterocycles. The maximum absolute atomic E-state index is 12.1. The number of aliphatic imine (C=N–C) groups is 1. The molecule has 2 fully saturated rings. The minimum atomic E-state index is -0.0589. The first-order valence-corrected chi connectivity index (χ1v) is 10.6. The first-order chi connectivity index (χ1) is 12.7. The maximum atomic E-state index is 12.1. The average Bonchev–Trinajstić information content (AvgIpc) is 2.67. The average molecular weight is 367 g/mol. The number of piperidine rings is 2. The molecule has 0 aromatic rings. The molecule has 26 heavy (non-hydrogen) atoms. The van der Waals surface area contributed by atoms with Gasteiger partial charge in [-0.3, -0.25) is 9.79 Å². The summed E-state index contributed by atoms with van der Waals surface area (Å²) < 4.78 is 5.22. The zero-order chi connectivity index (χ0) is 18.8. The van der Waals surface area contributed by atoms with Gasteiger partial charge in [0.1, 0.15) is 0 Å². The van der Waals surface area contributed by atoms with Gasteiger partial charge in [-0.2, -0.15) is 0 Å². The van der Waals surface area contributed by atoms with Crippen LogP contribution in [-0.4, -0.2) is 74.1 Å². The van der Waals surface area contributed by atoms with Crippen LogP contribution in [-0.2, 0) is 9.53 Å². The third kappa shape index (κ3) is 6.45. The van der Waals surface area contributed by atoms with Crippen molar-refractivity contribution in [3.63, 3.8) is 0 Å². The van der Waals surface area contributed by atoms with Crippen LogP contribution in [0.25, 0.3) is 0 Å². The van der Waals surface area contributed by atoms with E-state index in [2.05, 4.69) is 29.0 Å². The quantitative estimate of drug-likeness (QED) is 0.426. The molecule has 0 aliphatic carbocycles. The van der Waals surface area contributed by atoms with Gasteiger partial charge in [-0.15, -0.1) is 0 Å². The Balaban J connectivity index is 1.88. The summed E-state index contributed by atoms with van der Waals surface area (Å²) in [5.74, 6) is 1.57. The Labute approximate surface area is 159 Å². The van der Waals surface area contributed by atoms with E-state index >= 15 is 0 Å². The predicted octanol–water partition coefficient (Wildman–Crippen LogP) is 2.35. The van der Waals surface area contributed by atoms with Crippen molar-refractivity contribution in [1.82, 2.24) is 15.1 Å². The molecule has 2 saturated heterocycles. The lowest BCUT2D eigenvalue weighted by Gasteiger charge is -2.35. The van der Waals surface area contributed by atoms with Crippen LogP contribution in [0.5, 0.6) is 0 Å². The molecule has 2 aliphatic rings. The number of carbonyl (C=O) groups is 1. The Kier molecular flexibility index (Phi) is 9.23. The normalized spacial score (nSPS) is 23.1. The fraction of sp³-hybridized carbons (Fsp3) is 0.900. The fourth-order valence-electron chi connectivity index (χ4n) is 3.97. The van der Waals surface area contributed by atoms with Gasteiger partial charge < -0.3 is 19.9 Å². The van der Waals surface area contributed by atoms with Crippen molar-refractivity contribution in [2.24, 2.45) is 16.8 Å². The minimum absolute atomic E-state index is 0.0233. The van der Waals surface area contributed by atoms with Crippen LogP contribution in [0.15, 0.2) is 4.99 Å². The van der Waals surface area contributed by atoms with Gasteiger partial charge in [0.15, 0.2) is 5.96 Å². The van der Waals surface area contributed by atoms with Crippen molar-refractivity contribution < 1.29 is 9.53 Å². The standard InChI is InChI=1S/C20H38N4O2/c1-4-11-23-13-9-17(10-14-23)15-22-20(21-5-2)24-12-7-8-18(16-24)19(25)26-6-3/h17-18H,4-16H2,1-3H3,(H,21,22). The summed E-state index contributed by atoms with van der Waals surface area (Å²) in [7, 11) is 0. The Morgan fingerprint density at radius 3 is 2.58 bits per heavy atom. The molecule has 2 aliphatic heterocycles. The third-order valence-corrected chi connectivity index (χ3v) is 5.42. The Morgan fingerprint density at radius 2 is 1.92 bits per heavy atom. The first kappa shape index (κ1) is 21.0. The minimum Gasteiger partial charge on any atom is -0.466 e. The molecule has 150 valence electrons. The van der Waals surface area contributed by atoms with Crippen LogP contribution >= 0.6 is 0 Å². The van der Waals surface area contributed by atoms with Gasteiger partial charge in [-0.1, -0.05) is 6.92 Å². The highest BCUT2D eigenvalue weighted by Gasteiger charge is 2.28. The van der Waals surface area contributed by atoms with Crippen LogP contribution in [0.3, 0.4) is 0 Å². The molecule has 0 saturated carbocycles. The van der Waals surface area contributed by atoms with E-state index in [1.54, 1.807) is 0 Å². The van der Waals surface area contributed by atoms with Crippen LogP contribution in [0, 0.1) is 11.8 Å². The molecular formula is C20H38N4O2. The van der Waals surface area contributed by atoms with Crippen LogP contribution in [0.2, 0.25) is 0 Å². The second-order valence-electron chi connectivity index (χ2n) is 7.52. The summed E-state index contributed by atoms with van der Waals surface area (Å²) in [5, 5.41) is 3.43. The molecule has 2 heterocycles. The number of esters is 1. The van der Waals surface area contributed by atoms with Crippen molar-refractivity contribution in [2.75, 3.05) is 52.4 Å². The van der Waals surface area contributed by atoms with E-state index in [-0.39, 0.29) is 11.9 Å². The third-order valence-electron chi connectivity index (χ3n) is 5.42. The molecular weight excluding hydrogens is 328 g/mol. The monoisotopic (exact) mass is 366 g/mol. The molecule has 0 spiro atoms. The molecule has 2 rings (SSSR count). The lowest BCUT2D eigenvalue weighted by Crippen LogP contribution is -2.48. The summed E-state index contributed by atoms with van der Waals surface area (Å²) in [5.41, 5.74) is 0. The van der Waals surface area contributed by atoms with E-state index in [4.69, 9.17) is 9.73 Å². The van der Waals surface area contributed by atoms with Crippen molar-refractivity contribution in [3.8, 4) is 0 Å². The number of ether oxygens (including phenoxy) is 1. The predicted molar refractivity (Wildman–Crippen MR) is 106 cm³/mol. The van der Waals surface area contributed by atoms with Gasteiger partial charge in [0.05, 0.1) is 12.5 Å². The first-order valence-electron chi connectivity index (χ1n) is 10.6. The summed E-state index contributed by atoms with van der Waals surface area (Å²) in [6.45, 7) is 13.8. The van der Waals surface area contributed by atoms with E-state index < -0.39 is 0 Å². The molecule has 1 atom stereocenters. The number of hydrogen-bond donors (Lipinski definition) is 1. The van der Waals surface area contributed by atoms with Gasteiger partial charge >= 0.3 is 5.97 Å². The molecule has 6 heteroatoms. The summed E-state index contributed by atoms with van der Waals surface area (Å²) in [6, 6.07) is 0. The van der Waals surface area contributed by atoms with E-state index in [0.717, 1.165) is 45.0 Å². The largest absolute Gasteiger partial charge is 0.466 e. The lowest BCUT2D eigenvalue weighted by atomic mass is 9.97. The Hall–Kier alpha value is -1.30. The zero-order valence-electron chi connectivity index (χ0n) is 17.0. The van der Waals surface area contributed by atoms with E-state index in [0.29, 0.717) is 12.5 Å². The maximum Gasteiger partial charge on any atom is 0.310 e. The second-order valence-corrected chi connectivity index (χ2v) is 7.52. The molecule has 0 radical (unpaired) electrons. The number of carbonyl (C=O) groups excluding carboxylic acids is 1. The summed E-state index contributed by atoms with van der Waals surface area (Å²) in [6.07, 6.45) is 5.67. The van der Waals surface area contributed by atoms with Crippen LogP contribution in [0.4, 0.5) is 0 Å². The van der Waals surface area contributed by atoms with Gasteiger partial charge in [-0.25, -0.2) is 0 Å². The van der Waals surface area contributed by atoms with Crippen LogP contribution in [0.1, 0.15) is 52.9 Å². The topological polar surface area (TPSA) is 57.2 Å². The highest BCUT2D eigenvalue weighted by Crippen LogP contribution is 2.20. The number of nitrogens with one attached hydrogen (secondary N) is 1. The number of guanidine groups is 1. The van der Waals surface area contributed by atoms with Gasteiger partial charge in [0, 0.05) is 26.2 Å². The van der Waals surface area contributed by atoms with Crippen LogP contribution < -0.4 is 5.32 Å². The van der Waals surface area contributed by atoms with E-state index in [1.807, 2.05) is 6.92 Å². The van der Waals surface area contributed by atoms with Crippen molar-refractivity contribution in [2.45, 2.75) is 52.9 Å². The highest BCUT2D eigenvalue weighted by atomic mass is 16.5. The number of hydrogen-bond acceptors (Lipinski definition) is 4. The van der Waals surface area contributed by atoms with Gasteiger partial charge in [-0.05, 0) is 71.5 Å². The molecule has 1 N–H and O–H groups in total. The molecule has 6 nitrogen and oxygen atoms in total. The number of likely N-dealkylation sites (tertiary alicyclic amines) is 2. The molecule has 0 bridgehead atoms. The Morgan fingerprint density at radius 1 is 1.15 bits per heavy atom. The second kappa shape index (κ2) is 11.4. The van der Waals surface area contributed by atoms with Gasteiger partial charge in [0.2, 0.25) is 0 Å². The van der Waals surface area contributed by atoms with Crippen molar-refractivity contribution in [1.29, 1.82) is 0 Å². The van der Waals surface area contributed by atoms with E-state index in [9.17, 15) is 4.79 Å².